The molecule has 5 heteroatoms. The van der Waals surface area contributed by atoms with Gasteiger partial charge in [0.25, 0.3) is 0 Å². The lowest BCUT2D eigenvalue weighted by atomic mass is 10.1. The third kappa shape index (κ3) is 3.26. The van der Waals surface area contributed by atoms with Crippen LogP contribution in [0.4, 0.5) is 0 Å². The summed E-state index contributed by atoms with van der Waals surface area (Å²) in [6.45, 7) is 2.18. The molecule has 0 unspecified atom stereocenters. The summed E-state index contributed by atoms with van der Waals surface area (Å²) in [5, 5.41) is 5.22. The first kappa shape index (κ1) is 16.5. The summed E-state index contributed by atoms with van der Waals surface area (Å²) in [6, 6.07) is 21.9. The number of fused-ring (bicyclic) bond motifs is 1. The van der Waals surface area contributed by atoms with Crippen molar-refractivity contribution in [1.29, 1.82) is 0 Å². The number of aromatic nitrogens is 2. The first-order valence-corrected chi connectivity index (χ1v) is 9.40. The number of aryl methyl sites for hydroxylation is 1. The maximum atomic E-state index is 12.8. The number of para-hydroxylation sites is 2. The zero-order valence-electron chi connectivity index (χ0n) is 14.4. The maximum absolute atomic E-state index is 12.8. The summed E-state index contributed by atoms with van der Waals surface area (Å²) < 4.78 is 1.96. The van der Waals surface area contributed by atoms with Crippen LogP contribution in [0.25, 0.3) is 11.0 Å². The van der Waals surface area contributed by atoms with Crippen molar-refractivity contribution in [2.24, 2.45) is 0 Å². The average Bonchev–Trinajstić information content (AvgIpc) is 3.29. The minimum Gasteiger partial charge on any atom is -0.343 e. The van der Waals surface area contributed by atoms with Gasteiger partial charge in [-0.1, -0.05) is 48.5 Å². The van der Waals surface area contributed by atoms with Gasteiger partial charge in [-0.05, 0) is 36.1 Å². The fourth-order valence-corrected chi connectivity index (χ4v) is 3.97. The van der Waals surface area contributed by atoms with E-state index < -0.39 is 0 Å². The monoisotopic (exact) mass is 361 g/mol. The van der Waals surface area contributed by atoms with E-state index in [0.29, 0.717) is 0 Å². The van der Waals surface area contributed by atoms with Crippen molar-refractivity contribution in [1.82, 2.24) is 14.9 Å². The summed E-state index contributed by atoms with van der Waals surface area (Å²) in [4.78, 5) is 18.5. The molecule has 0 saturated carbocycles. The van der Waals surface area contributed by atoms with Crippen LogP contribution >= 0.6 is 11.3 Å². The number of imidazole rings is 1. The average molecular weight is 361 g/mol. The zero-order chi connectivity index (χ0) is 17.9. The van der Waals surface area contributed by atoms with Crippen molar-refractivity contribution in [2.45, 2.75) is 19.5 Å². The molecule has 2 aromatic carbocycles. The third-order valence-electron chi connectivity index (χ3n) is 4.41. The van der Waals surface area contributed by atoms with E-state index in [1.165, 1.54) is 0 Å². The van der Waals surface area contributed by atoms with E-state index in [4.69, 9.17) is 0 Å². The Morgan fingerprint density at radius 3 is 2.62 bits per heavy atom. The van der Waals surface area contributed by atoms with E-state index in [2.05, 4.69) is 16.4 Å². The van der Waals surface area contributed by atoms with Crippen molar-refractivity contribution in [2.75, 3.05) is 0 Å². The smallest absolute Gasteiger partial charge is 0.240 e. The molecule has 0 aliphatic carbocycles. The lowest BCUT2D eigenvalue weighted by Crippen LogP contribution is -2.32. The number of rotatable bonds is 5. The maximum Gasteiger partial charge on any atom is 0.240 e. The van der Waals surface area contributed by atoms with E-state index in [1.54, 1.807) is 11.3 Å². The molecule has 0 fully saturated rings. The van der Waals surface area contributed by atoms with Crippen LogP contribution in [-0.2, 0) is 11.3 Å². The predicted octanol–water partition coefficient (Wildman–Crippen LogP) is 4.31. The number of thiophene rings is 1. The number of amides is 1. The summed E-state index contributed by atoms with van der Waals surface area (Å²) >= 11 is 1.65. The molecule has 2 aromatic heterocycles. The standard InChI is InChI=1S/C21H19N3OS/c1-15-22-17-10-5-6-11-18(17)24(15)14-20(25)23-21(19-12-7-13-26-19)16-8-3-2-4-9-16/h2-13,21H,14H2,1H3,(H,23,25)/t21-/m0/s1. The Kier molecular flexibility index (Phi) is 4.54. The van der Waals surface area contributed by atoms with Crippen molar-refractivity contribution in [3.05, 3.63) is 88.4 Å². The van der Waals surface area contributed by atoms with E-state index >= 15 is 0 Å². The lowest BCUT2D eigenvalue weighted by Gasteiger charge is -2.18. The molecular weight excluding hydrogens is 342 g/mol. The lowest BCUT2D eigenvalue weighted by molar-refractivity contribution is -0.122. The quantitative estimate of drug-likeness (QED) is 0.576. The van der Waals surface area contributed by atoms with Gasteiger partial charge in [-0.2, -0.15) is 0 Å². The Hall–Kier alpha value is -2.92. The molecule has 0 aliphatic rings. The highest BCUT2D eigenvalue weighted by Crippen LogP contribution is 2.26. The summed E-state index contributed by atoms with van der Waals surface area (Å²) in [6.07, 6.45) is 0. The fourth-order valence-electron chi connectivity index (χ4n) is 3.17. The van der Waals surface area contributed by atoms with Crippen molar-refractivity contribution in [3.8, 4) is 0 Å². The molecule has 2 heterocycles. The largest absolute Gasteiger partial charge is 0.343 e. The van der Waals surface area contributed by atoms with Gasteiger partial charge in [0, 0.05) is 4.88 Å². The summed E-state index contributed by atoms with van der Waals surface area (Å²) in [5.41, 5.74) is 2.97. The number of carbonyl (C=O) groups excluding carboxylic acids is 1. The van der Waals surface area contributed by atoms with Crippen LogP contribution in [0.2, 0.25) is 0 Å². The molecule has 0 radical (unpaired) electrons. The topological polar surface area (TPSA) is 46.9 Å². The SMILES string of the molecule is Cc1nc2ccccc2n1CC(=O)N[C@@H](c1ccccc1)c1cccs1. The second-order valence-corrected chi connectivity index (χ2v) is 7.14. The molecule has 1 amide bonds. The van der Waals surface area contributed by atoms with Gasteiger partial charge in [0.15, 0.2) is 0 Å². The van der Waals surface area contributed by atoms with Crippen molar-refractivity contribution in [3.63, 3.8) is 0 Å². The Morgan fingerprint density at radius 1 is 1.08 bits per heavy atom. The highest BCUT2D eigenvalue weighted by molar-refractivity contribution is 7.10. The van der Waals surface area contributed by atoms with E-state index in [0.717, 1.165) is 27.3 Å². The van der Waals surface area contributed by atoms with Gasteiger partial charge in [0.1, 0.15) is 12.4 Å². The van der Waals surface area contributed by atoms with E-state index in [-0.39, 0.29) is 18.5 Å². The minimum atomic E-state index is -0.140. The van der Waals surface area contributed by atoms with Gasteiger partial charge < -0.3 is 9.88 Å². The molecule has 26 heavy (non-hydrogen) atoms. The molecule has 4 aromatic rings. The highest BCUT2D eigenvalue weighted by Gasteiger charge is 2.19. The van der Waals surface area contributed by atoms with Gasteiger partial charge in [-0.25, -0.2) is 4.98 Å². The highest BCUT2D eigenvalue weighted by atomic mass is 32.1. The number of carbonyl (C=O) groups is 1. The molecule has 0 saturated heterocycles. The summed E-state index contributed by atoms with van der Waals surface area (Å²) in [7, 11) is 0. The molecule has 130 valence electrons. The van der Waals surface area contributed by atoms with Crippen LogP contribution in [0.3, 0.4) is 0 Å². The molecule has 0 aliphatic heterocycles. The zero-order valence-corrected chi connectivity index (χ0v) is 15.2. The number of benzene rings is 2. The molecule has 4 nitrogen and oxygen atoms in total. The Morgan fingerprint density at radius 2 is 1.85 bits per heavy atom. The van der Waals surface area contributed by atoms with Crippen molar-refractivity contribution >= 4 is 28.3 Å². The van der Waals surface area contributed by atoms with Crippen LogP contribution in [0.1, 0.15) is 22.3 Å². The first-order chi connectivity index (χ1) is 12.7. The van der Waals surface area contributed by atoms with Gasteiger partial charge in [-0.15, -0.1) is 11.3 Å². The second-order valence-electron chi connectivity index (χ2n) is 6.16. The Bertz CT molecular complexity index is 1020. The third-order valence-corrected chi connectivity index (χ3v) is 5.35. The van der Waals surface area contributed by atoms with Gasteiger partial charge in [0.05, 0.1) is 17.1 Å². The summed E-state index contributed by atoms with van der Waals surface area (Å²) in [5.74, 6) is 0.812. The number of nitrogens with zero attached hydrogens (tertiary/aromatic N) is 2. The van der Waals surface area contributed by atoms with Crippen LogP contribution in [0.15, 0.2) is 72.1 Å². The number of nitrogens with one attached hydrogen (secondary N) is 1. The normalized spacial score (nSPS) is 12.2. The molecule has 1 N–H and O–H groups in total. The Labute approximate surface area is 156 Å². The van der Waals surface area contributed by atoms with Gasteiger partial charge >= 0.3 is 0 Å². The number of hydrogen-bond acceptors (Lipinski definition) is 3. The minimum absolute atomic E-state index is 0.0292. The van der Waals surface area contributed by atoms with Crippen LogP contribution in [0, 0.1) is 6.92 Å². The Balaban J connectivity index is 1.60. The van der Waals surface area contributed by atoms with Gasteiger partial charge in [0.2, 0.25) is 5.91 Å². The predicted molar refractivity (Wildman–Crippen MR) is 105 cm³/mol. The van der Waals surface area contributed by atoms with Crippen molar-refractivity contribution < 1.29 is 4.79 Å². The van der Waals surface area contributed by atoms with Crippen LogP contribution in [-0.4, -0.2) is 15.5 Å². The molecule has 0 spiro atoms. The first-order valence-electron chi connectivity index (χ1n) is 8.52. The van der Waals surface area contributed by atoms with Gasteiger partial charge in [-0.3, -0.25) is 4.79 Å². The molecule has 1 atom stereocenters. The fraction of sp³-hybridized carbons (Fsp3) is 0.143. The van der Waals surface area contributed by atoms with E-state index in [9.17, 15) is 4.79 Å². The van der Waals surface area contributed by atoms with Crippen LogP contribution in [0.5, 0.6) is 0 Å². The second kappa shape index (κ2) is 7.14. The van der Waals surface area contributed by atoms with Crippen LogP contribution < -0.4 is 5.32 Å². The molecule has 0 bridgehead atoms. The van der Waals surface area contributed by atoms with E-state index in [1.807, 2.05) is 77.5 Å². The molecular formula is C21H19N3OS. The number of hydrogen-bond donors (Lipinski definition) is 1. The molecule has 4 rings (SSSR count).